The van der Waals surface area contributed by atoms with E-state index in [9.17, 15) is 0 Å². The molecule has 0 fully saturated rings. The highest BCUT2D eigenvalue weighted by atomic mass is 14.6. The van der Waals surface area contributed by atoms with Crippen molar-refractivity contribution in [3.05, 3.63) is 30.1 Å². The lowest BCUT2D eigenvalue weighted by molar-refractivity contribution is 0.732. The van der Waals surface area contributed by atoms with E-state index in [0.29, 0.717) is 5.92 Å². The molecule has 0 amide bonds. The van der Waals surface area contributed by atoms with Gasteiger partial charge in [0.1, 0.15) is 0 Å². The van der Waals surface area contributed by atoms with Crippen molar-refractivity contribution in [3.8, 4) is 0 Å². The van der Waals surface area contributed by atoms with Gasteiger partial charge in [-0.25, -0.2) is 0 Å². The first-order valence-electron chi connectivity index (χ1n) is 3.74. The van der Waals surface area contributed by atoms with Gasteiger partial charge < -0.3 is 0 Å². The van der Waals surface area contributed by atoms with E-state index in [1.165, 1.54) is 12.0 Å². The van der Waals surface area contributed by atoms with Crippen LogP contribution in [0.25, 0.3) is 0 Å². The zero-order chi connectivity index (χ0) is 7.40. The van der Waals surface area contributed by atoms with Gasteiger partial charge in [-0.2, -0.15) is 0 Å². The smallest absolute Gasteiger partial charge is 0.0270 e. The molecular weight excluding hydrogens is 122 g/mol. The van der Waals surface area contributed by atoms with Crippen LogP contribution in [0.5, 0.6) is 0 Å². The van der Waals surface area contributed by atoms with E-state index in [2.05, 4.69) is 31.0 Å². The predicted octanol–water partition coefficient (Wildman–Crippen LogP) is 2.60. The first kappa shape index (κ1) is 7.26. The minimum absolute atomic E-state index is 0.669. The topological polar surface area (TPSA) is 12.9 Å². The van der Waals surface area contributed by atoms with Crippen LogP contribution in [0.4, 0.5) is 0 Å². The van der Waals surface area contributed by atoms with E-state index in [1.807, 2.05) is 12.4 Å². The molecule has 54 valence electrons. The van der Waals surface area contributed by atoms with E-state index in [4.69, 9.17) is 0 Å². The van der Waals surface area contributed by atoms with Crippen LogP contribution in [0, 0.1) is 0 Å². The minimum Gasteiger partial charge on any atom is -0.265 e. The molecule has 0 radical (unpaired) electrons. The Balaban J connectivity index is 2.75. The van der Waals surface area contributed by atoms with E-state index >= 15 is 0 Å². The highest BCUT2D eigenvalue weighted by Crippen LogP contribution is 2.16. The van der Waals surface area contributed by atoms with Gasteiger partial charge in [-0.3, -0.25) is 4.98 Å². The molecule has 1 aromatic heterocycles. The molecule has 1 heteroatoms. The molecule has 10 heavy (non-hydrogen) atoms. The fourth-order valence-corrected chi connectivity index (χ4v) is 0.928. The van der Waals surface area contributed by atoms with Crippen LogP contribution in [0.2, 0.25) is 0 Å². The molecule has 0 aliphatic heterocycles. The molecule has 1 aromatic rings. The Morgan fingerprint density at radius 2 is 2.00 bits per heavy atom. The van der Waals surface area contributed by atoms with Gasteiger partial charge in [0.15, 0.2) is 0 Å². The third-order valence-electron chi connectivity index (χ3n) is 1.89. The molecule has 0 bridgehead atoms. The molecule has 0 unspecified atom stereocenters. The number of rotatable bonds is 2. The van der Waals surface area contributed by atoms with E-state index in [0.717, 1.165) is 0 Å². The van der Waals surface area contributed by atoms with Gasteiger partial charge >= 0.3 is 0 Å². The van der Waals surface area contributed by atoms with Crippen molar-refractivity contribution in [2.45, 2.75) is 26.2 Å². The van der Waals surface area contributed by atoms with Gasteiger partial charge in [-0.1, -0.05) is 13.8 Å². The Bertz CT molecular complexity index is 181. The summed E-state index contributed by atoms with van der Waals surface area (Å²) >= 11 is 0. The number of nitrogens with zero attached hydrogens (tertiary/aromatic N) is 1. The molecule has 0 aromatic carbocycles. The van der Waals surface area contributed by atoms with Crippen molar-refractivity contribution in [3.63, 3.8) is 0 Å². The summed E-state index contributed by atoms with van der Waals surface area (Å²) in [6.07, 6.45) is 4.90. The SMILES string of the molecule is CC[C@H](C)c1ccncc1. The number of pyridine rings is 1. The van der Waals surface area contributed by atoms with Gasteiger partial charge in [-0.15, -0.1) is 0 Å². The summed E-state index contributed by atoms with van der Waals surface area (Å²) in [5.74, 6) is 0.669. The number of hydrogen-bond donors (Lipinski definition) is 0. The lowest BCUT2D eigenvalue weighted by Gasteiger charge is -2.06. The van der Waals surface area contributed by atoms with Gasteiger partial charge in [0.25, 0.3) is 0 Å². The number of aromatic nitrogens is 1. The summed E-state index contributed by atoms with van der Waals surface area (Å²) < 4.78 is 0. The molecule has 1 rings (SSSR count). The Labute approximate surface area is 62.1 Å². The van der Waals surface area contributed by atoms with Crippen LogP contribution in [-0.2, 0) is 0 Å². The fourth-order valence-electron chi connectivity index (χ4n) is 0.928. The van der Waals surface area contributed by atoms with Crippen LogP contribution < -0.4 is 0 Å². The fraction of sp³-hybridized carbons (Fsp3) is 0.444. The Kier molecular flexibility index (Phi) is 2.43. The van der Waals surface area contributed by atoms with Gasteiger partial charge in [0.2, 0.25) is 0 Å². The molecule has 0 aliphatic carbocycles. The summed E-state index contributed by atoms with van der Waals surface area (Å²) in [6.45, 7) is 4.43. The van der Waals surface area contributed by atoms with Crippen molar-refractivity contribution >= 4 is 0 Å². The van der Waals surface area contributed by atoms with Crippen molar-refractivity contribution < 1.29 is 0 Å². The van der Waals surface area contributed by atoms with E-state index in [-0.39, 0.29) is 0 Å². The van der Waals surface area contributed by atoms with Crippen LogP contribution in [-0.4, -0.2) is 4.98 Å². The maximum atomic E-state index is 3.96. The quantitative estimate of drug-likeness (QED) is 0.607. The highest BCUT2D eigenvalue weighted by Gasteiger charge is 1.99. The van der Waals surface area contributed by atoms with Gasteiger partial charge in [-0.05, 0) is 30.0 Å². The third kappa shape index (κ3) is 1.56. The Hall–Kier alpha value is -0.850. The number of hydrogen-bond acceptors (Lipinski definition) is 1. The zero-order valence-corrected chi connectivity index (χ0v) is 6.54. The van der Waals surface area contributed by atoms with Crippen LogP contribution in [0.1, 0.15) is 31.7 Å². The second-order valence-electron chi connectivity index (χ2n) is 2.59. The summed E-state index contributed by atoms with van der Waals surface area (Å²) in [6, 6.07) is 4.16. The molecule has 1 atom stereocenters. The summed E-state index contributed by atoms with van der Waals surface area (Å²) in [4.78, 5) is 3.96. The first-order valence-corrected chi connectivity index (χ1v) is 3.74. The van der Waals surface area contributed by atoms with Crippen molar-refractivity contribution in [1.82, 2.24) is 4.98 Å². The molecule has 0 spiro atoms. The molecule has 1 heterocycles. The summed E-state index contributed by atoms with van der Waals surface area (Å²) in [7, 11) is 0. The van der Waals surface area contributed by atoms with Crippen LogP contribution in [0.15, 0.2) is 24.5 Å². The Morgan fingerprint density at radius 1 is 1.40 bits per heavy atom. The highest BCUT2D eigenvalue weighted by molar-refractivity contribution is 5.14. The minimum atomic E-state index is 0.669. The largest absolute Gasteiger partial charge is 0.265 e. The molecule has 1 nitrogen and oxygen atoms in total. The predicted molar refractivity (Wildman–Crippen MR) is 42.9 cm³/mol. The summed E-state index contributed by atoms with van der Waals surface area (Å²) in [5, 5.41) is 0. The maximum absolute atomic E-state index is 3.96. The molecule has 0 saturated heterocycles. The van der Waals surface area contributed by atoms with E-state index < -0.39 is 0 Å². The molecule has 0 N–H and O–H groups in total. The maximum Gasteiger partial charge on any atom is 0.0270 e. The van der Waals surface area contributed by atoms with Crippen molar-refractivity contribution in [1.29, 1.82) is 0 Å². The lowest BCUT2D eigenvalue weighted by Crippen LogP contribution is -1.89. The monoisotopic (exact) mass is 135 g/mol. The average Bonchev–Trinajstić information content (AvgIpc) is 2.05. The summed E-state index contributed by atoms with van der Waals surface area (Å²) in [5.41, 5.74) is 1.39. The van der Waals surface area contributed by atoms with Gasteiger partial charge in [0.05, 0.1) is 0 Å². The van der Waals surface area contributed by atoms with Crippen molar-refractivity contribution in [2.75, 3.05) is 0 Å². The van der Waals surface area contributed by atoms with E-state index in [1.54, 1.807) is 0 Å². The molecule has 0 saturated carbocycles. The standard InChI is InChI=1S/C9H13N/c1-3-8(2)9-4-6-10-7-5-9/h4-8H,3H2,1-2H3/t8-/m0/s1. The second kappa shape index (κ2) is 3.35. The normalized spacial score (nSPS) is 13.0. The molecule has 0 aliphatic rings. The third-order valence-corrected chi connectivity index (χ3v) is 1.89. The van der Waals surface area contributed by atoms with Crippen molar-refractivity contribution in [2.24, 2.45) is 0 Å². The Morgan fingerprint density at radius 3 is 2.50 bits per heavy atom. The molecular formula is C9H13N. The van der Waals surface area contributed by atoms with Gasteiger partial charge in [0, 0.05) is 12.4 Å². The average molecular weight is 135 g/mol. The first-order chi connectivity index (χ1) is 4.84. The zero-order valence-electron chi connectivity index (χ0n) is 6.54. The lowest BCUT2D eigenvalue weighted by atomic mass is 10.0. The van der Waals surface area contributed by atoms with Crippen LogP contribution >= 0.6 is 0 Å². The second-order valence-corrected chi connectivity index (χ2v) is 2.59. The van der Waals surface area contributed by atoms with Crippen LogP contribution in [0.3, 0.4) is 0 Å².